The molecule has 0 aromatic heterocycles. The van der Waals surface area contributed by atoms with E-state index in [0.29, 0.717) is 11.5 Å². The van der Waals surface area contributed by atoms with Crippen molar-refractivity contribution in [2.45, 2.75) is 58.9 Å². The van der Waals surface area contributed by atoms with Gasteiger partial charge < -0.3 is 10.6 Å². The van der Waals surface area contributed by atoms with E-state index >= 15 is 0 Å². The van der Waals surface area contributed by atoms with Gasteiger partial charge >= 0.3 is 0 Å². The second-order valence-corrected chi connectivity index (χ2v) is 5.20. The molecule has 90 valence electrons. The molecule has 0 saturated carbocycles. The number of nitrogens with two attached hydrogens (primary N) is 1. The zero-order chi connectivity index (χ0) is 11.3. The van der Waals surface area contributed by atoms with Crippen LogP contribution in [0.25, 0.3) is 0 Å². The van der Waals surface area contributed by atoms with Gasteiger partial charge in [0.25, 0.3) is 0 Å². The van der Waals surface area contributed by atoms with E-state index in [9.17, 15) is 0 Å². The normalized spacial score (nSPS) is 24.4. The largest absolute Gasteiger partial charge is 0.327 e. The van der Waals surface area contributed by atoms with Crippen LogP contribution >= 0.6 is 0 Å². The van der Waals surface area contributed by atoms with E-state index in [-0.39, 0.29) is 0 Å². The predicted octanol–water partition coefficient (Wildman–Crippen LogP) is 2.63. The average molecular weight is 212 g/mol. The van der Waals surface area contributed by atoms with Crippen LogP contribution in [-0.2, 0) is 0 Å². The van der Waals surface area contributed by atoms with Gasteiger partial charge in [-0.1, -0.05) is 20.8 Å². The van der Waals surface area contributed by atoms with Crippen molar-refractivity contribution in [1.29, 1.82) is 0 Å². The summed E-state index contributed by atoms with van der Waals surface area (Å²) in [5, 5.41) is 0. The predicted molar refractivity (Wildman–Crippen MR) is 67.0 cm³/mol. The molecule has 0 aromatic carbocycles. The van der Waals surface area contributed by atoms with E-state index in [1.807, 2.05) is 0 Å². The second-order valence-electron chi connectivity index (χ2n) is 5.20. The maximum absolute atomic E-state index is 6.03. The third-order valence-corrected chi connectivity index (χ3v) is 4.35. The monoisotopic (exact) mass is 212 g/mol. The molecule has 1 unspecified atom stereocenters. The fourth-order valence-electron chi connectivity index (χ4n) is 2.79. The van der Waals surface area contributed by atoms with Gasteiger partial charge in [-0.2, -0.15) is 0 Å². The minimum Gasteiger partial charge on any atom is -0.327 e. The molecule has 0 aromatic rings. The van der Waals surface area contributed by atoms with Gasteiger partial charge in [0.2, 0.25) is 0 Å². The molecule has 1 aliphatic heterocycles. The molecular formula is C13H28N2. The average Bonchev–Trinajstić information content (AvgIpc) is 2.26. The minimum absolute atomic E-state index is 0.419. The van der Waals surface area contributed by atoms with Crippen LogP contribution < -0.4 is 5.73 Å². The third kappa shape index (κ3) is 3.46. The van der Waals surface area contributed by atoms with E-state index in [1.54, 1.807) is 0 Å². The Morgan fingerprint density at radius 3 is 2.27 bits per heavy atom. The first kappa shape index (κ1) is 13.0. The van der Waals surface area contributed by atoms with Gasteiger partial charge in [-0.05, 0) is 44.1 Å². The second kappa shape index (κ2) is 5.86. The molecule has 2 N–H and O–H groups in total. The molecule has 1 rings (SSSR count). The summed E-state index contributed by atoms with van der Waals surface area (Å²) in [6.45, 7) is 10.6. The Balaban J connectivity index is 2.49. The maximum atomic E-state index is 6.03. The highest BCUT2D eigenvalue weighted by atomic mass is 15.1. The van der Waals surface area contributed by atoms with E-state index in [0.717, 1.165) is 6.54 Å². The highest BCUT2D eigenvalue weighted by molar-refractivity contribution is 4.83. The zero-order valence-corrected chi connectivity index (χ0v) is 10.8. The topological polar surface area (TPSA) is 29.3 Å². The van der Waals surface area contributed by atoms with Crippen molar-refractivity contribution in [3.05, 3.63) is 0 Å². The third-order valence-electron chi connectivity index (χ3n) is 4.35. The van der Waals surface area contributed by atoms with Gasteiger partial charge in [0.15, 0.2) is 0 Å². The molecule has 1 heterocycles. The van der Waals surface area contributed by atoms with Crippen molar-refractivity contribution in [3.8, 4) is 0 Å². The highest BCUT2D eigenvalue weighted by Crippen LogP contribution is 2.32. The molecule has 0 radical (unpaired) electrons. The van der Waals surface area contributed by atoms with Crippen molar-refractivity contribution >= 4 is 0 Å². The minimum atomic E-state index is 0.419. The molecule has 1 fully saturated rings. The lowest BCUT2D eigenvalue weighted by Gasteiger charge is -2.39. The smallest absolute Gasteiger partial charge is 0.0168 e. The van der Waals surface area contributed by atoms with Crippen molar-refractivity contribution in [1.82, 2.24) is 4.90 Å². The molecular weight excluding hydrogens is 184 g/mol. The summed E-state index contributed by atoms with van der Waals surface area (Å²) in [5.74, 6) is 0. The van der Waals surface area contributed by atoms with E-state index in [4.69, 9.17) is 5.73 Å². The summed E-state index contributed by atoms with van der Waals surface area (Å²) in [6, 6.07) is 0.419. The summed E-state index contributed by atoms with van der Waals surface area (Å²) in [5.41, 5.74) is 6.57. The number of hydrogen-bond donors (Lipinski definition) is 1. The van der Waals surface area contributed by atoms with Crippen molar-refractivity contribution in [2.75, 3.05) is 19.6 Å². The Kier molecular flexibility index (Phi) is 5.07. The van der Waals surface area contributed by atoms with Crippen molar-refractivity contribution in [3.63, 3.8) is 0 Å². The fourth-order valence-corrected chi connectivity index (χ4v) is 2.79. The van der Waals surface area contributed by atoms with E-state index in [2.05, 4.69) is 25.7 Å². The Bertz CT molecular complexity index is 167. The highest BCUT2D eigenvalue weighted by Gasteiger charge is 2.28. The first-order valence-corrected chi connectivity index (χ1v) is 6.63. The zero-order valence-electron chi connectivity index (χ0n) is 10.8. The molecule has 2 nitrogen and oxygen atoms in total. The number of piperidine rings is 1. The molecule has 2 heteroatoms. The van der Waals surface area contributed by atoms with Gasteiger partial charge in [0.1, 0.15) is 0 Å². The molecule has 0 amide bonds. The molecule has 1 aliphatic rings. The number of likely N-dealkylation sites (tertiary alicyclic amines) is 1. The summed E-state index contributed by atoms with van der Waals surface area (Å²) < 4.78 is 0. The summed E-state index contributed by atoms with van der Waals surface area (Å²) in [6.07, 6.45) is 6.39. The summed E-state index contributed by atoms with van der Waals surface area (Å²) in [4.78, 5) is 2.59. The molecule has 1 atom stereocenters. The Morgan fingerprint density at radius 2 is 1.80 bits per heavy atom. The molecule has 1 saturated heterocycles. The lowest BCUT2D eigenvalue weighted by Crippen LogP contribution is -2.47. The summed E-state index contributed by atoms with van der Waals surface area (Å²) in [7, 11) is 0. The first-order chi connectivity index (χ1) is 7.15. The van der Waals surface area contributed by atoms with Crippen LogP contribution in [0.15, 0.2) is 0 Å². The van der Waals surface area contributed by atoms with Gasteiger partial charge in [-0.3, -0.25) is 0 Å². The van der Waals surface area contributed by atoms with Gasteiger partial charge in [0.05, 0.1) is 0 Å². The molecule has 0 spiro atoms. The van der Waals surface area contributed by atoms with Crippen LogP contribution in [0.1, 0.15) is 52.9 Å². The molecule has 0 bridgehead atoms. The van der Waals surface area contributed by atoms with Gasteiger partial charge in [-0.25, -0.2) is 0 Å². The fraction of sp³-hybridized carbons (Fsp3) is 1.00. The lowest BCUT2D eigenvalue weighted by atomic mass is 9.79. The van der Waals surface area contributed by atoms with E-state index < -0.39 is 0 Å². The summed E-state index contributed by atoms with van der Waals surface area (Å²) >= 11 is 0. The van der Waals surface area contributed by atoms with Crippen LogP contribution in [0, 0.1) is 5.41 Å². The maximum Gasteiger partial charge on any atom is 0.0168 e. The van der Waals surface area contributed by atoms with Crippen LogP contribution in [0.2, 0.25) is 0 Å². The van der Waals surface area contributed by atoms with Gasteiger partial charge in [0, 0.05) is 19.1 Å². The molecule has 0 aliphatic carbocycles. The van der Waals surface area contributed by atoms with Crippen LogP contribution in [0.4, 0.5) is 0 Å². The Labute approximate surface area is 95.2 Å². The van der Waals surface area contributed by atoms with Crippen LogP contribution in [0.3, 0.4) is 0 Å². The van der Waals surface area contributed by atoms with Crippen LogP contribution in [-0.4, -0.2) is 30.6 Å². The number of hydrogen-bond acceptors (Lipinski definition) is 2. The Morgan fingerprint density at radius 1 is 1.20 bits per heavy atom. The lowest BCUT2D eigenvalue weighted by molar-refractivity contribution is 0.108. The Hall–Kier alpha value is -0.0800. The van der Waals surface area contributed by atoms with E-state index in [1.165, 1.54) is 45.2 Å². The van der Waals surface area contributed by atoms with Crippen molar-refractivity contribution in [2.24, 2.45) is 11.1 Å². The SMILES string of the molecule is CCC(CC)(CC)CN1CCCC(N)C1. The quantitative estimate of drug-likeness (QED) is 0.759. The number of rotatable bonds is 5. The first-order valence-electron chi connectivity index (χ1n) is 6.63. The number of nitrogens with zero attached hydrogens (tertiary/aromatic N) is 1. The van der Waals surface area contributed by atoms with Gasteiger partial charge in [-0.15, -0.1) is 0 Å². The molecule has 15 heavy (non-hydrogen) atoms. The van der Waals surface area contributed by atoms with Crippen molar-refractivity contribution < 1.29 is 0 Å². The standard InChI is InChI=1S/C13H28N2/c1-4-13(5-2,6-3)11-15-9-7-8-12(14)10-15/h12H,4-11,14H2,1-3H3. The van der Waals surface area contributed by atoms with Crippen LogP contribution in [0.5, 0.6) is 0 Å².